The summed E-state index contributed by atoms with van der Waals surface area (Å²) in [6, 6.07) is -0.916. The van der Waals surface area contributed by atoms with E-state index in [0.29, 0.717) is 0 Å². The molecule has 0 saturated carbocycles. The SMILES string of the molecule is [2H]c1c(F)nc(Cl)c([2H])c1Cl. The number of hydrogen-bond acceptors (Lipinski definition) is 1. The molecule has 1 rings (SSSR count). The van der Waals surface area contributed by atoms with E-state index < -0.39 is 12.0 Å². The van der Waals surface area contributed by atoms with Crippen LogP contribution in [0.1, 0.15) is 2.74 Å². The van der Waals surface area contributed by atoms with Gasteiger partial charge in [-0.05, 0) is 6.04 Å². The molecule has 1 aromatic rings. The molecule has 0 saturated heterocycles. The summed E-state index contributed by atoms with van der Waals surface area (Å²) >= 11 is 10.6. The number of halogens is 3. The fourth-order valence-electron chi connectivity index (χ4n) is 0.354. The first-order valence-electron chi connectivity index (χ1n) is 3.01. The summed E-state index contributed by atoms with van der Waals surface area (Å²) in [7, 11) is 0. The van der Waals surface area contributed by atoms with Gasteiger partial charge < -0.3 is 0 Å². The molecule has 0 radical (unpaired) electrons. The standard InChI is InChI=1S/C5H2Cl2FN/c6-3-1-4(7)9-5(8)2-3/h1-2H/i1D,2D. The van der Waals surface area contributed by atoms with Gasteiger partial charge in [0.15, 0.2) is 0 Å². The van der Waals surface area contributed by atoms with Crippen molar-refractivity contribution in [2.75, 3.05) is 0 Å². The Morgan fingerprint density at radius 3 is 2.89 bits per heavy atom. The molecule has 4 heteroatoms. The molecule has 0 aliphatic heterocycles. The lowest BCUT2D eigenvalue weighted by atomic mass is 10.5. The van der Waals surface area contributed by atoms with Gasteiger partial charge >= 0.3 is 0 Å². The van der Waals surface area contributed by atoms with Crippen molar-refractivity contribution in [2.24, 2.45) is 0 Å². The first-order valence-corrected chi connectivity index (χ1v) is 2.77. The maximum absolute atomic E-state index is 12.5. The Bertz CT molecular complexity index is 279. The molecule has 0 aromatic carbocycles. The number of nitrogens with zero attached hydrogens (tertiary/aromatic N) is 1. The number of pyridine rings is 1. The largest absolute Gasteiger partial charge is 0.215 e. The second-order valence-corrected chi connectivity index (χ2v) is 1.99. The zero-order chi connectivity index (χ0) is 8.59. The highest BCUT2D eigenvalue weighted by molar-refractivity contribution is 6.33. The molecule has 0 unspecified atom stereocenters. The van der Waals surface area contributed by atoms with E-state index in [2.05, 4.69) is 4.98 Å². The summed E-state index contributed by atoms with van der Waals surface area (Å²) < 4.78 is 26.5. The second kappa shape index (κ2) is 2.50. The van der Waals surface area contributed by atoms with Crippen LogP contribution in [0.3, 0.4) is 0 Å². The van der Waals surface area contributed by atoms with E-state index in [4.69, 9.17) is 25.9 Å². The summed E-state index contributed by atoms with van der Waals surface area (Å²) in [5, 5.41) is -0.647. The van der Waals surface area contributed by atoms with Crippen molar-refractivity contribution in [3.05, 3.63) is 28.2 Å². The summed E-state index contributed by atoms with van der Waals surface area (Å²) in [6.07, 6.45) is 0. The van der Waals surface area contributed by atoms with E-state index in [0.717, 1.165) is 0 Å². The van der Waals surface area contributed by atoms with Gasteiger partial charge in [0.05, 0.1) is 2.74 Å². The van der Waals surface area contributed by atoms with Gasteiger partial charge in [-0.1, -0.05) is 23.2 Å². The van der Waals surface area contributed by atoms with Crippen LogP contribution in [0.2, 0.25) is 10.2 Å². The van der Waals surface area contributed by atoms with Crippen LogP contribution >= 0.6 is 23.2 Å². The van der Waals surface area contributed by atoms with Gasteiger partial charge in [0, 0.05) is 11.1 Å². The Labute approximate surface area is 64.2 Å². The van der Waals surface area contributed by atoms with Crippen LogP contribution < -0.4 is 0 Å². The van der Waals surface area contributed by atoms with Crippen molar-refractivity contribution >= 4 is 23.2 Å². The molecule has 0 aliphatic carbocycles. The summed E-state index contributed by atoms with van der Waals surface area (Å²) in [6.45, 7) is 0. The van der Waals surface area contributed by atoms with Crippen molar-refractivity contribution in [3.8, 4) is 0 Å². The Balaban J connectivity index is 3.46. The highest BCUT2D eigenvalue weighted by Crippen LogP contribution is 2.13. The first-order chi connectivity index (χ1) is 5.04. The van der Waals surface area contributed by atoms with Gasteiger partial charge in [0.1, 0.15) is 5.15 Å². The van der Waals surface area contributed by atoms with Gasteiger partial charge in [-0.15, -0.1) is 0 Å². The van der Waals surface area contributed by atoms with E-state index >= 15 is 0 Å². The number of rotatable bonds is 0. The Hall–Kier alpha value is -0.340. The van der Waals surface area contributed by atoms with Crippen LogP contribution in [-0.4, -0.2) is 4.98 Å². The number of hydrogen-bond donors (Lipinski definition) is 0. The lowest BCUT2D eigenvalue weighted by molar-refractivity contribution is 0.584. The lowest BCUT2D eigenvalue weighted by Crippen LogP contribution is -1.80. The minimum atomic E-state index is -1.06. The summed E-state index contributed by atoms with van der Waals surface area (Å²) in [4.78, 5) is 3.07. The van der Waals surface area contributed by atoms with Crippen LogP contribution in [0, 0.1) is 5.95 Å². The molecule has 0 fully saturated rings. The molecular formula is C5H2Cl2FN. The summed E-state index contributed by atoms with van der Waals surface area (Å²) in [5.41, 5.74) is 0. The van der Waals surface area contributed by atoms with Gasteiger partial charge in [-0.25, -0.2) is 4.98 Å². The van der Waals surface area contributed by atoms with Crippen LogP contribution in [0.4, 0.5) is 4.39 Å². The van der Waals surface area contributed by atoms with Crippen LogP contribution in [-0.2, 0) is 0 Å². The van der Waals surface area contributed by atoms with E-state index in [1.54, 1.807) is 0 Å². The molecule has 0 amide bonds. The summed E-state index contributed by atoms with van der Waals surface area (Å²) in [5.74, 6) is -1.06. The van der Waals surface area contributed by atoms with Gasteiger partial charge in [-0.3, -0.25) is 0 Å². The van der Waals surface area contributed by atoms with Crippen molar-refractivity contribution in [2.45, 2.75) is 0 Å². The molecule has 48 valence electrons. The van der Waals surface area contributed by atoms with Crippen molar-refractivity contribution in [3.63, 3.8) is 0 Å². The Kier molecular flexibility index (Phi) is 1.24. The predicted molar refractivity (Wildman–Crippen MR) is 34.2 cm³/mol. The minimum Gasteiger partial charge on any atom is -0.208 e. The highest BCUT2D eigenvalue weighted by atomic mass is 35.5. The zero-order valence-electron chi connectivity index (χ0n) is 6.08. The lowest BCUT2D eigenvalue weighted by Gasteiger charge is -1.89. The molecule has 0 N–H and O–H groups in total. The number of aromatic nitrogens is 1. The zero-order valence-corrected chi connectivity index (χ0v) is 5.59. The third-order valence-electron chi connectivity index (χ3n) is 0.622. The molecule has 1 heterocycles. The Morgan fingerprint density at radius 1 is 1.56 bits per heavy atom. The molecule has 0 spiro atoms. The maximum Gasteiger partial charge on any atom is 0.215 e. The maximum atomic E-state index is 12.5. The third kappa shape index (κ3) is 1.80. The fraction of sp³-hybridized carbons (Fsp3) is 0. The van der Waals surface area contributed by atoms with E-state index in [1.165, 1.54) is 0 Å². The van der Waals surface area contributed by atoms with E-state index in [1.807, 2.05) is 0 Å². The average Bonchev–Trinajstić information content (AvgIpc) is 1.97. The van der Waals surface area contributed by atoms with E-state index in [9.17, 15) is 4.39 Å². The minimum absolute atomic E-state index is 0.317. The van der Waals surface area contributed by atoms with Crippen molar-refractivity contribution in [1.82, 2.24) is 4.98 Å². The molecule has 0 atom stereocenters. The average molecular weight is 168 g/mol. The molecule has 1 aromatic heterocycles. The fourth-order valence-corrected chi connectivity index (χ4v) is 0.739. The molecule has 1 nitrogen and oxygen atoms in total. The Morgan fingerprint density at radius 2 is 2.22 bits per heavy atom. The third-order valence-corrected chi connectivity index (χ3v) is 0.990. The van der Waals surface area contributed by atoms with Gasteiger partial charge in [-0.2, -0.15) is 4.39 Å². The molecule has 0 aliphatic rings. The van der Waals surface area contributed by atoms with Crippen LogP contribution in [0.25, 0.3) is 0 Å². The predicted octanol–water partition coefficient (Wildman–Crippen LogP) is 2.53. The molecular weight excluding hydrogens is 164 g/mol. The normalized spacial score (nSPS) is 12.8. The van der Waals surface area contributed by atoms with Gasteiger partial charge in [0.25, 0.3) is 0 Å². The van der Waals surface area contributed by atoms with Crippen LogP contribution in [0.15, 0.2) is 12.1 Å². The van der Waals surface area contributed by atoms with Gasteiger partial charge in [0.2, 0.25) is 5.95 Å². The molecule has 0 bridgehead atoms. The topological polar surface area (TPSA) is 12.9 Å². The quantitative estimate of drug-likeness (QED) is 0.542. The highest BCUT2D eigenvalue weighted by Gasteiger charge is 1.95. The molecule has 9 heavy (non-hydrogen) atoms. The monoisotopic (exact) mass is 167 g/mol. The van der Waals surface area contributed by atoms with E-state index in [-0.39, 0.29) is 16.2 Å². The van der Waals surface area contributed by atoms with Crippen LogP contribution in [0.5, 0.6) is 0 Å². The second-order valence-electron chi connectivity index (χ2n) is 1.26. The first kappa shape index (κ1) is 4.47. The smallest absolute Gasteiger partial charge is 0.208 e. The van der Waals surface area contributed by atoms with Crippen molar-refractivity contribution in [1.29, 1.82) is 0 Å². The van der Waals surface area contributed by atoms with Crippen molar-refractivity contribution < 1.29 is 7.13 Å².